The SMILES string of the molecule is Nc1cc2ccccc2cc1NC=O. The van der Waals surface area contributed by atoms with Gasteiger partial charge in [-0.2, -0.15) is 0 Å². The van der Waals surface area contributed by atoms with Crippen molar-refractivity contribution in [1.29, 1.82) is 0 Å². The number of benzene rings is 2. The van der Waals surface area contributed by atoms with Gasteiger partial charge in [-0.05, 0) is 22.9 Å². The van der Waals surface area contributed by atoms with Crippen LogP contribution in [0.1, 0.15) is 0 Å². The average Bonchev–Trinajstić information content (AvgIpc) is 2.19. The highest BCUT2D eigenvalue weighted by molar-refractivity contribution is 5.94. The van der Waals surface area contributed by atoms with Gasteiger partial charge < -0.3 is 11.1 Å². The summed E-state index contributed by atoms with van der Waals surface area (Å²) in [5.74, 6) is 0. The fourth-order valence-corrected chi connectivity index (χ4v) is 1.45. The molecule has 0 saturated heterocycles. The number of anilines is 2. The molecule has 0 atom stereocenters. The van der Waals surface area contributed by atoms with E-state index in [2.05, 4.69) is 5.32 Å². The summed E-state index contributed by atoms with van der Waals surface area (Å²) in [6, 6.07) is 11.6. The third kappa shape index (κ3) is 1.40. The fourth-order valence-electron chi connectivity index (χ4n) is 1.45. The summed E-state index contributed by atoms with van der Waals surface area (Å²) in [6.45, 7) is 0. The Labute approximate surface area is 81.5 Å². The lowest BCUT2D eigenvalue weighted by molar-refractivity contribution is -0.105. The lowest BCUT2D eigenvalue weighted by Crippen LogP contribution is -1.98. The van der Waals surface area contributed by atoms with E-state index in [9.17, 15) is 4.79 Å². The molecule has 2 aromatic carbocycles. The first kappa shape index (κ1) is 8.56. The molecule has 0 spiro atoms. The molecule has 1 amide bonds. The van der Waals surface area contributed by atoms with Crippen molar-refractivity contribution in [1.82, 2.24) is 0 Å². The molecule has 0 saturated carbocycles. The highest BCUT2D eigenvalue weighted by atomic mass is 16.1. The predicted octanol–water partition coefficient (Wildman–Crippen LogP) is 1.99. The van der Waals surface area contributed by atoms with E-state index in [0.717, 1.165) is 10.8 Å². The zero-order chi connectivity index (χ0) is 9.97. The standard InChI is InChI=1S/C11H10N2O/c12-10-5-8-3-1-2-4-9(8)6-11(10)13-7-14/h1-7H,12H2,(H,13,14). The minimum atomic E-state index is 0.579. The van der Waals surface area contributed by atoms with Crippen LogP contribution in [0.5, 0.6) is 0 Å². The van der Waals surface area contributed by atoms with Gasteiger partial charge in [-0.1, -0.05) is 24.3 Å². The predicted molar refractivity (Wildman–Crippen MR) is 58.0 cm³/mol. The molecule has 3 nitrogen and oxygen atoms in total. The third-order valence-electron chi connectivity index (χ3n) is 2.13. The largest absolute Gasteiger partial charge is 0.397 e. The van der Waals surface area contributed by atoms with Gasteiger partial charge >= 0.3 is 0 Å². The van der Waals surface area contributed by atoms with Gasteiger partial charge in [-0.3, -0.25) is 4.79 Å². The molecule has 3 N–H and O–H groups in total. The van der Waals surface area contributed by atoms with Crippen molar-refractivity contribution < 1.29 is 4.79 Å². The number of fused-ring (bicyclic) bond motifs is 1. The Hall–Kier alpha value is -2.03. The second-order valence-corrected chi connectivity index (χ2v) is 3.05. The van der Waals surface area contributed by atoms with E-state index in [0.29, 0.717) is 17.8 Å². The molecule has 0 aromatic heterocycles. The van der Waals surface area contributed by atoms with Crippen LogP contribution < -0.4 is 11.1 Å². The van der Waals surface area contributed by atoms with Crippen molar-refractivity contribution in [3.63, 3.8) is 0 Å². The molecule has 2 rings (SSSR count). The molecule has 3 heteroatoms. The van der Waals surface area contributed by atoms with Crippen LogP contribution >= 0.6 is 0 Å². The molecule has 0 radical (unpaired) electrons. The van der Waals surface area contributed by atoms with Crippen LogP contribution in [0, 0.1) is 0 Å². The van der Waals surface area contributed by atoms with Crippen molar-refractivity contribution in [3.8, 4) is 0 Å². The van der Waals surface area contributed by atoms with Gasteiger partial charge in [-0.25, -0.2) is 0 Å². The Bertz CT molecular complexity index is 480. The maximum Gasteiger partial charge on any atom is 0.211 e. The van der Waals surface area contributed by atoms with Gasteiger partial charge in [0.05, 0.1) is 11.4 Å². The smallest absolute Gasteiger partial charge is 0.211 e. The van der Waals surface area contributed by atoms with Gasteiger partial charge in [0.2, 0.25) is 6.41 Å². The summed E-state index contributed by atoms with van der Waals surface area (Å²) in [7, 11) is 0. The number of hydrogen-bond acceptors (Lipinski definition) is 2. The fraction of sp³-hybridized carbons (Fsp3) is 0. The number of nitrogens with one attached hydrogen (secondary N) is 1. The lowest BCUT2D eigenvalue weighted by atomic mass is 10.1. The highest BCUT2D eigenvalue weighted by Gasteiger charge is 2.00. The summed E-state index contributed by atoms with van der Waals surface area (Å²) in [6.07, 6.45) is 0.625. The molecule has 2 aromatic rings. The number of rotatable bonds is 2. The average molecular weight is 186 g/mol. The van der Waals surface area contributed by atoms with E-state index < -0.39 is 0 Å². The molecule has 0 fully saturated rings. The molecular weight excluding hydrogens is 176 g/mol. The van der Waals surface area contributed by atoms with Crippen LogP contribution in [0.25, 0.3) is 10.8 Å². The zero-order valence-electron chi connectivity index (χ0n) is 7.53. The molecule has 0 unspecified atom stereocenters. The summed E-state index contributed by atoms with van der Waals surface area (Å²) >= 11 is 0. The molecule has 0 aliphatic carbocycles. The van der Waals surface area contributed by atoms with Crippen LogP contribution in [0.4, 0.5) is 11.4 Å². The first-order valence-corrected chi connectivity index (χ1v) is 4.30. The van der Waals surface area contributed by atoms with Crippen molar-refractivity contribution in [2.75, 3.05) is 11.1 Å². The Balaban J connectivity index is 2.64. The molecule has 70 valence electrons. The highest BCUT2D eigenvalue weighted by Crippen LogP contribution is 2.25. The van der Waals surface area contributed by atoms with Crippen LogP contribution in [0.3, 0.4) is 0 Å². The van der Waals surface area contributed by atoms with Crippen molar-refractivity contribution in [2.45, 2.75) is 0 Å². The number of nitrogens with two attached hydrogens (primary N) is 1. The van der Waals surface area contributed by atoms with Crippen molar-refractivity contribution in [3.05, 3.63) is 36.4 Å². The van der Waals surface area contributed by atoms with Gasteiger partial charge in [0.1, 0.15) is 0 Å². The Morgan fingerprint density at radius 2 is 1.79 bits per heavy atom. The van der Waals surface area contributed by atoms with E-state index in [1.54, 1.807) is 0 Å². The molecule has 0 bridgehead atoms. The second kappa shape index (κ2) is 3.38. The van der Waals surface area contributed by atoms with Gasteiger partial charge in [0, 0.05) is 0 Å². The molecule has 0 aliphatic rings. The number of nitrogen functional groups attached to an aromatic ring is 1. The summed E-state index contributed by atoms with van der Waals surface area (Å²) in [5.41, 5.74) is 6.98. The topological polar surface area (TPSA) is 55.1 Å². The van der Waals surface area contributed by atoms with Crippen molar-refractivity contribution >= 4 is 28.6 Å². The number of hydrogen-bond donors (Lipinski definition) is 2. The molecule has 14 heavy (non-hydrogen) atoms. The summed E-state index contributed by atoms with van der Waals surface area (Å²) in [4.78, 5) is 10.3. The quantitative estimate of drug-likeness (QED) is 0.556. The monoisotopic (exact) mass is 186 g/mol. The minimum absolute atomic E-state index is 0.579. The van der Waals surface area contributed by atoms with E-state index in [1.807, 2.05) is 36.4 Å². The third-order valence-corrected chi connectivity index (χ3v) is 2.13. The summed E-state index contributed by atoms with van der Waals surface area (Å²) < 4.78 is 0. The first-order chi connectivity index (χ1) is 6.81. The van der Waals surface area contributed by atoms with E-state index >= 15 is 0 Å². The molecular formula is C11H10N2O. The van der Waals surface area contributed by atoms with Crippen LogP contribution in [-0.2, 0) is 4.79 Å². The Morgan fingerprint density at radius 3 is 2.43 bits per heavy atom. The Kier molecular flexibility index (Phi) is 2.07. The lowest BCUT2D eigenvalue weighted by Gasteiger charge is -2.05. The van der Waals surface area contributed by atoms with E-state index in [1.165, 1.54) is 0 Å². The first-order valence-electron chi connectivity index (χ1n) is 4.30. The summed E-state index contributed by atoms with van der Waals surface area (Å²) in [5, 5.41) is 4.69. The normalized spacial score (nSPS) is 10.0. The van der Waals surface area contributed by atoms with Gasteiger partial charge in [-0.15, -0.1) is 0 Å². The zero-order valence-corrected chi connectivity index (χ0v) is 7.53. The maximum atomic E-state index is 10.3. The number of amides is 1. The maximum absolute atomic E-state index is 10.3. The number of carbonyl (C=O) groups excluding carboxylic acids is 1. The Morgan fingerprint density at radius 1 is 1.14 bits per heavy atom. The second-order valence-electron chi connectivity index (χ2n) is 3.05. The van der Waals surface area contributed by atoms with E-state index in [-0.39, 0.29) is 0 Å². The number of carbonyl (C=O) groups is 1. The molecule has 0 aliphatic heterocycles. The van der Waals surface area contributed by atoms with Crippen LogP contribution in [-0.4, -0.2) is 6.41 Å². The minimum Gasteiger partial charge on any atom is -0.397 e. The van der Waals surface area contributed by atoms with Crippen LogP contribution in [0.15, 0.2) is 36.4 Å². The molecule has 0 heterocycles. The van der Waals surface area contributed by atoms with E-state index in [4.69, 9.17) is 5.73 Å². The van der Waals surface area contributed by atoms with Crippen molar-refractivity contribution in [2.24, 2.45) is 0 Å². The van der Waals surface area contributed by atoms with Gasteiger partial charge in [0.15, 0.2) is 0 Å². The van der Waals surface area contributed by atoms with Gasteiger partial charge in [0.25, 0.3) is 0 Å². The van der Waals surface area contributed by atoms with Crippen LogP contribution in [0.2, 0.25) is 0 Å².